The number of morpholine rings is 1. The summed E-state index contributed by atoms with van der Waals surface area (Å²) in [7, 11) is 0. The van der Waals surface area contributed by atoms with Gasteiger partial charge in [0.2, 0.25) is 5.91 Å². The molecule has 1 aliphatic carbocycles. The maximum Gasteiger partial charge on any atom is 0.255 e. The summed E-state index contributed by atoms with van der Waals surface area (Å²) < 4.78 is 11.7. The molecule has 4 rings (SSSR count). The molecule has 3 fully saturated rings. The van der Waals surface area contributed by atoms with E-state index in [1.807, 2.05) is 4.90 Å². The van der Waals surface area contributed by atoms with Crippen molar-refractivity contribution < 1.29 is 19.1 Å². The number of carbonyl (C=O) groups excluding carboxylic acids is 2. The van der Waals surface area contributed by atoms with Gasteiger partial charge < -0.3 is 19.3 Å². The van der Waals surface area contributed by atoms with Gasteiger partial charge in [0.25, 0.3) is 5.91 Å². The van der Waals surface area contributed by atoms with E-state index < -0.39 is 5.60 Å². The number of amides is 2. The third-order valence-corrected chi connectivity index (χ3v) is 5.05. The van der Waals surface area contributed by atoms with Crippen molar-refractivity contribution in [3.63, 3.8) is 0 Å². The number of aromatic nitrogens is 1. The van der Waals surface area contributed by atoms with Gasteiger partial charge in [0, 0.05) is 25.5 Å². The van der Waals surface area contributed by atoms with Crippen molar-refractivity contribution in [3.05, 3.63) is 30.1 Å². The Kier molecular flexibility index (Phi) is 4.43. The van der Waals surface area contributed by atoms with Gasteiger partial charge in [0.1, 0.15) is 12.2 Å². The summed E-state index contributed by atoms with van der Waals surface area (Å²) in [6, 6.07) is 3.52. The number of hydrogen-bond acceptors (Lipinski definition) is 5. The number of pyridine rings is 1. The lowest BCUT2D eigenvalue weighted by Gasteiger charge is -2.43. The van der Waals surface area contributed by atoms with Crippen LogP contribution in [0.3, 0.4) is 0 Å². The zero-order valence-corrected chi connectivity index (χ0v) is 14.2. The fourth-order valence-electron chi connectivity index (χ4n) is 3.50. The van der Waals surface area contributed by atoms with E-state index >= 15 is 0 Å². The summed E-state index contributed by atoms with van der Waals surface area (Å²) in [4.78, 5) is 32.7. The highest BCUT2D eigenvalue weighted by atomic mass is 16.6. The molecule has 1 saturated carbocycles. The first kappa shape index (κ1) is 16.5. The number of carbonyl (C=O) groups is 2. The molecule has 1 unspecified atom stereocenters. The lowest BCUT2D eigenvalue weighted by Crippen LogP contribution is -2.61. The Morgan fingerprint density at radius 3 is 3.00 bits per heavy atom. The van der Waals surface area contributed by atoms with Crippen LogP contribution in [0.4, 0.5) is 0 Å². The molecule has 3 heterocycles. The van der Waals surface area contributed by atoms with Gasteiger partial charge >= 0.3 is 0 Å². The average Bonchev–Trinajstić information content (AvgIpc) is 3.46. The number of ether oxygens (including phenoxy) is 2. The molecule has 1 aromatic rings. The van der Waals surface area contributed by atoms with Crippen LogP contribution >= 0.6 is 0 Å². The Morgan fingerprint density at radius 2 is 2.24 bits per heavy atom. The molecule has 25 heavy (non-hydrogen) atoms. The predicted molar refractivity (Wildman–Crippen MR) is 88.9 cm³/mol. The highest BCUT2D eigenvalue weighted by molar-refractivity contribution is 5.94. The van der Waals surface area contributed by atoms with Crippen LogP contribution in [0.25, 0.3) is 0 Å². The van der Waals surface area contributed by atoms with Gasteiger partial charge in [-0.05, 0) is 30.9 Å². The number of hydrogen-bond donors (Lipinski definition) is 0. The lowest BCUT2D eigenvalue weighted by atomic mass is 10.0. The highest BCUT2D eigenvalue weighted by Gasteiger charge is 2.44. The molecule has 7 nitrogen and oxygen atoms in total. The van der Waals surface area contributed by atoms with Crippen LogP contribution in [0.15, 0.2) is 24.5 Å². The smallest absolute Gasteiger partial charge is 0.255 e. The van der Waals surface area contributed by atoms with Crippen molar-refractivity contribution >= 4 is 11.8 Å². The van der Waals surface area contributed by atoms with Crippen molar-refractivity contribution in [2.75, 3.05) is 46.0 Å². The molecule has 1 aromatic heterocycles. The quantitative estimate of drug-likeness (QED) is 0.801. The van der Waals surface area contributed by atoms with Crippen LogP contribution < -0.4 is 0 Å². The minimum atomic E-state index is -0.642. The Morgan fingerprint density at radius 1 is 1.36 bits per heavy atom. The van der Waals surface area contributed by atoms with Crippen molar-refractivity contribution in [2.24, 2.45) is 5.92 Å². The molecular weight excluding hydrogens is 322 g/mol. The van der Waals surface area contributed by atoms with Gasteiger partial charge in [0.15, 0.2) is 0 Å². The minimum absolute atomic E-state index is 0.0342. The topological polar surface area (TPSA) is 72.0 Å². The molecule has 7 heteroatoms. The van der Waals surface area contributed by atoms with E-state index in [0.717, 1.165) is 6.54 Å². The Bertz CT molecular complexity index is 649. The SMILES string of the molecule is O=C1COC2(COCCN(C(=O)c3cccnc3)C2)CN1CC1CC1. The summed E-state index contributed by atoms with van der Waals surface area (Å²) in [5, 5.41) is 0. The van der Waals surface area contributed by atoms with Crippen LogP contribution in [-0.4, -0.2) is 78.2 Å². The fraction of sp³-hybridized carbons (Fsp3) is 0.611. The Labute approximate surface area is 146 Å². The van der Waals surface area contributed by atoms with Gasteiger partial charge in [-0.25, -0.2) is 0 Å². The van der Waals surface area contributed by atoms with Crippen LogP contribution in [0.1, 0.15) is 23.2 Å². The van der Waals surface area contributed by atoms with Crippen molar-refractivity contribution in [3.8, 4) is 0 Å². The van der Waals surface area contributed by atoms with E-state index in [-0.39, 0.29) is 18.4 Å². The molecule has 0 bridgehead atoms. The monoisotopic (exact) mass is 345 g/mol. The maximum absolute atomic E-state index is 12.8. The molecule has 1 atom stereocenters. The zero-order valence-electron chi connectivity index (χ0n) is 14.2. The van der Waals surface area contributed by atoms with Crippen molar-refractivity contribution in [2.45, 2.75) is 18.4 Å². The van der Waals surface area contributed by atoms with Gasteiger partial charge in [-0.1, -0.05) is 0 Å². The molecule has 134 valence electrons. The van der Waals surface area contributed by atoms with Gasteiger partial charge in [0.05, 0.1) is 31.9 Å². The van der Waals surface area contributed by atoms with Crippen LogP contribution in [-0.2, 0) is 14.3 Å². The first-order valence-corrected chi connectivity index (χ1v) is 8.84. The Balaban J connectivity index is 1.50. The molecule has 0 radical (unpaired) electrons. The molecule has 3 aliphatic rings. The first-order valence-electron chi connectivity index (χ1n) is 8.84. The molecule has 1 spiro atoms. The molecule has 2 amide bonds. The maximum atomic E-state index is 12.8. The standard InChI is InChI=1S/C18H23N3O4/c22-16-10-25-18(12-21(16)9-14-3-4-14)11-20(6-7-24-13-18)17(23)15-2-1-5-19-8-15/h1-2,5,8,14H,3-4,6-7,9-13H2. The Hall–Kier alpha value is -1.99. The van der Waals surface area contributed by atoms with Gasteiger partial charge in [-0.3, -0.25) is 14.6 Å². The summed E-state index contributed by atoms with van der Waals surface area (Å²) in [5.74, 6) is 0.582. The van der Waals surface area contributed by atoms with Crippen molar-refractivity contribution in [1.82, 2.24) is 14.8 Å². The van der Waals surface area contributed by atoms with E-state index in [1.165, 1.54) is 12.8 Å². The second-order valence-corrected chi connectivity index (χ2v) is 7.21. The number of nitrogens with zero attached hydrogens (tertiary/aromatic N) is 3. The minimum Gasteiger partial charge on any atom is -0.376 e. The second kappa shape index (κ2) is 6.72. The van der Waals surface area contributed by atoms with E-state index in [2.05, 4.69) is 4.98 Å². The molecule has 0 aromatic carbocycles. The summed E-state index contributed by atoms with van der Waals surface area (Å²) >= 11 is 0. The molecule has 0 N–H and O–H groups in total. The zero-order chi connectivity index (χ0) is 17.3. The summed E-state index contributed by atoms with van der Waals surface area (Å²) in [5.41, 5.74) is -0.0850. The van der Waals surface area contributed by atoms with E-state index in [1.54, 1.807) is 29.4 Å². The number of rotatable bonds is 3. The van der Waals surface area contributed by atoms with Crippen LogP contribution in [0.2, 0.25) is 0 Å². The molecule has 2 saturated heterocycles. The predicted octanol–water partition coefficient (Wildman–Crippen LogP) is 0.562. The van der Waals surface area contributed by atoms with Crippen molar-refractivity contribution in [1.29, 1.82) is 0 Å². The highest BCUT2D eigenvalue weighted by Crippen LogP contribution is 2.32. The van der Waals surface area contributed by atoms with E-state index in [4.69, 9.17) is 9.47 Å². The average molecular weight is 345 g/mol. The lowest BCUT2D eigenvalue weighted by molar-refractivity contribution is -0.172. The largest absolute Gasteiger partial charge is 0.376 e. The van der Waals surface area contributed by atoms with Gasteiger partial charge in [-0.15, -0.1) is 0 Å². The summed E-state index contributed by atoms with van der Waals surface area (Å²) in [6.45, 7) is 3.14. The fourth-order valence-corrected chi connectivity index (χ4v) is 3.50. The third-order valence-electron chi connectivity index (χ3n) is 5.05. The second-order valence-electron chi connectivity index (χ2n) is 7.21. The van der Waals surface area contributed by atoms with Crippen LogP contribution in [0.5, 0.6) is 0 Å². The van der Waals surface area contributed by atoms with E-state index in [9.17, 15) is 9.59 Å². The molecular formula is C18H23N3O4. The normalized spacial score (nSPS) is 27.4. The van der Waals surface area contributed by atoms with E-state index in [0.29, 0.717) is 44.3 Å². The molecule has 2 aliphatic heterocycles. The summed E-state index contributed by atoms with van der Waals surface area (Å²) in [6.07, 6.45) is 5.61. The third kappa shape index (κ3) is 3.67. The first-order chi connectivity index (χ1) is 12.2. The van der Waals surface area contributed by atoms with Crippen LogP contribution in [0, 0.1) is 5.92 Å². The van der Waals surface area contributed by atoms with Gasteiger partial charge in [-0.2, -0.15) is 0 Å².